The lowest BCUT2D eigenvalue weighted by Crippen LogP contribution is -2.35. The van der Waals surface area contributed by atoms with Crippen LogP contribution < -0.4 is 11.1 Å². The number of hydrogen-bond acceptors (Lipinski definition) is 3. The highest BCUT2D eigenvalue weighted by Gasteiger charge is 2.14. The Morgan fingerprint density at radius 1 is 1.60 bits per heavy atom. The van der Waals surface area contributed by atoms with Crippen molar-refractivity contribution in [3.05, 3.63) is 0 Å². The topological polar surface area (TPSA) is 64.3 Å². The Labute approximate surface area is 60.7 Å². The molecule has 10 heavy (non-hydrogen) atoms. The van der Waals surface area contributed by atoms with Crippen LogP contribution >= 0.6 is 0 Å². The predicted octanol–water partition coefficient (Wildman–Crippen LogP) is 0.427. The number of nitrogens with two attached hydrogens (primary N) is 1. The molecule has 0 saturated heterocycles. The minimum absolute atomic E-state index is 0.106. The van der Waals surface area contributed by atoms with Crippen LogP contribution in [0.25, 0.3) is 0 Å². The molecule has 0 aromatic rings. The van der Waals surface area contributed by atoms with E-state index in [9.17, 15) is 4.79 Å². The lowest BCUT2D eigenvalue weighted by Gasteiger charge is -2.19. The first-order valence-electron chi connectivity index (χ1n) is 3.12. The van der Waals surface area contributed by atoms with Gasteiger partial charge in [0, 0.05) is 0 Å². The van der Waals surface area contributed by atoms with Crippen LogP contribution in [0.15, 0.2) is 0 Å². The molecule has 0 bridgehead atoms. The van der Waals surface area contributed by atoms with Crippen LogP contribution in [0.2, 0.25) is 0 Å². The first-order valence-corrected chi connectivity index (χ1v) is 3.12. The standard InChI is InChI=1S/C6H14N2O2/c1-6(2,3)10-5(9)8-4-7/h4,7H2,1-3H3,(H,8,9). The van der Waals surface area contributed by atoms with Crippen LogP contribution in [0.3, 0.4) is 0 Å². The Morgan fingerprint density at radius 3 is 2.40 bits per heavy atom. The van der Waals surface area contributed by atoms with Crippen molar-refractivity contribution >= 4 is 6.09 Å². The quantitative estimate of drug-likeness (QED) is 0.527. The number of hydrogen-bond donors (Lipinski definition) is 2. The van der Waals surface area contributed by atoms with Crippen LogP contribution in [-0.2, 0) is 4.74 Å². The zero-order valence-electron chi connectivity index (χ0n) is 6.60. The Bertz CT molecular complexity index is 117. The average Bonchev–Trinajstić information content (AvgIpc) is 1.59. The van der Waals surface area contributed by atoms with Crippen LogP contribution in [-0.4, -0.2) is 18.4 Å². The first kappa shape index (κ1) is 9.23. The van der Waals surface area contributed by atoms with Gasteiger partial charge in [-0.05, 0) is 20.8 Å². The summed E-state index contributed by atoms with van der Waals surface area (Å²) in [4.78, 5) is 10.6. The van der Waals surface area contributed by atoms with Crippen molar-refractivity contribution in [1.29, 1.82) is 0 Å². The Balaban J connectivity index is 3.58. The fourth-order valence-electron chi connectivity index (χ4n) is 0.398. The fourth-order valence-corrected chi connectivity index (χ4v) is 0.398. The highest BCUT2D eigenvalue weighted by Crippen LogP contribution is 2.05. The van der Waals surface area contributed by atoms with E-state index in [1.54, 1.807) is 20.8 Å². The Kier molecular flexibility index (Phi) is 3.15. The lowest BCUT2D eigenvalue weighted by molar-refractivity contribution is 0.0529. The summed E-state index contributed by atoms with van der Waals surface area (Å²) in [6, 6.07) is 0. The molecule has 4 nitrogen and oxygen atoms in total. The minimum Gasteiger partial charge on any atom is -0.444 e. The number of carbonyl (C=O) groups is 1. The molecule has 0 heterocycles. The van der Waals surface area contributed by atoms with Crippen LogP contribution in [0.5, 0.6) is 0 Å². The molecule has 0 rings (SSSR count). The number of rotatable bonds is 1. The summed E-state index contributed by atoms with van der Waals surface area (Å²) >= 11 is 0. The maximum absolute atomic E-state index is 10.6. The summed E-state index contributed by atoms with van der Waals surface area (Å²) in [5.74, 6) is 0. The van der Waals surface area contributed by atoms with Crippen molar-refractivity contribution in [2.24, 2.45) is 5.73 Å². The van der Waals surface area contributed by atoms with Crippen LogP contribution in [0, 0.1) is 0 Å². The van der Waals surface area contributed by atoms with Crippen LogP contribution in [0.1, 0.15) is 20.8 Å². The highest BCUT2D eigenvalue weighted by molar-refractivity contribution is 5.67. The van der Waals surface area contributed by atoms with Gasteiger partial charge in [0.15, 0.2) is 0 Å². The molecule has 0 aliphatic carbocycles. The second-order valence-corrected chi connectivity index (χ2v) is 2.88. The third kappa shape index (κ3) is 5.37. The van der Waals surface area contributed by atoms with Gasteiger partial charge in [0.2, 0.25) is 0 Å². The van der Waals surface area contributed by atoms with Gasteiger partial charge in [0.1, 0.15) is 5.60 Å². The average molecular weight is 146 g/mol. The molecule has 4 heteroatoms. The van der Waals surface area contributed by atoms with E-state index >= 15 is 0 Å². The molecule has 0 aromatic heterocycles. The molecule has 0 unspecified atom stereocenters. The van der Waals surface area contributed by atoms with Crippen molar-refractivity contribution in [1.82, 2.24) is 5.32 Å². The molecule has 1 amide bonds. The molecule has 0 saturated carbocycles. The van der Waals surface area contributed by atoms with Crippen LogP contribution in [0.4, 0.5) is 4.79 Å². The first-order chi connectivity index (χ1) is 4.45. The molecule has 0 aliphatic rings. The maximum atomic E-state index is 10.6. The second-order valence-electron chi connectivity index (χ2n) is 2.88. The van der Waals surface area contributed by atoms with E-state index in [1.807, 2.05) is 0 Å². The molecule has 0 aromatic carbocycles. The van der Waals surface area contributed by atoms with Crippen molar-refractivity contribution in [3.63, 3.8) is 0 Å². The third-order valence-corrected chi connectivity index (χ3v) is 0.645. The SMILES string of the molecule is CC(C)(C)OC(=O)NCN. The lowest BCUT2D eigenvalue weighted by atomic mass is 10.2. The van der Waals surface area contributed by atoms with E-state index in [4.69, 9.17) is 10.5 Å². The van der Waals surface area contributed by atoms with E-state index in [0.717, 1.165) is 0 Å². The van der Waals surface area contributed by atoms with Gasteiger partial charge in [0.05, 0.1) is 6.67 Å². The molecule has 0 spiro atoms. The third-order valence-electron chi connectivity index (χ3n) is 0.645. The summed E-state index contributed by atoms with van der Waals surface area (Å²) < 4.78 is 4.85. The molecule has 0 radical (unpaired) electrons. The smallest absolute Gasteiger partial charge is 0.408 e. The van der Waals surface area contributed by atoms with Gasteiger partial charge < -0.3 is 15.8 Å². The summed E-state index contributed by atoms with van der Waals surface area (Å²) in [6.45, 7) is 5.49. The molecule has 0 aliphatic heterocycles. The van der Waals surface area contributed by atoms with Gasteiger partial charge in [-0.15, -0.1) is 0 Å². The normalized spacial score (nSPS) is 10.8. The number of amides is 1. The maximum Gasteiger partial charge on any atom is 0.408 e. The molecule has 60 valence electrons. The molecular formula is C6H14N2O2. The predicted molar refractivity (Wildman–Crippen MR) is 38.4 cm³/mol. The summed E-state index contributed by atoms with van der Waals surface area (Å²) in [5, 5.41) is 2.32. The zero-order valence-corrected chi connectivity index (χ0v) is 6.60. The van der Waals surface area contributed by atoms with E-state index in [0.29, 0.717) is 0 Å². The van der Waals surface area contributed by atoms with Crippen molar-refractivity contribution < 1.29 is 9.53 Å². The largest absolute Gasteiger partial charge is 0.444 e. The van der Waals surface area contributed by atoms with Gasteiger partial charge in [-0.1, -0.05) is 0 Å². The van der Waals surface area contributed by atoms with E-state index in [2.05, 4.69) is 5.32 Å². The van der Waals surface area contributed by atoms with Crippen molar-refractivity contribution in [2.45, 2.75) is 26.4 Å². The van der Waals surface area contributed by atoms with E-state index in [-0.39, 0.29) is 6.67 Å². The van der Waals surface area contributed by atoms with Gasteiger partial charge in [0.25, 0.3) is 0 Å². The van der Waals surface area contributed by atoms with Gasteiger partial charge in [-0.3, -0.25) is 0 Å². The monoisotopic (exact) mass is 146 g/mol. The number of carbonyl (C=O) groups excluding carboxylic acids is 1. The Hall–Kier alpha value is -0.770. The number of nitrogens with one attached hydrogen (secondary N) is 1. The summed E-state index contributed by atoms with van der Waals surface area (Å²) in [7, 11) is 0. The molecular weight excluding hydrogens is 132 g/mol. The fraction of sp³-hybridized carbons (Fsp3) is 0.833. The van der Waals surface area contributed by atoms with Crippen molar-refractivity contribution in [2.75, 3.05) is 6.67 Å². The summed E-state index contributed by atoms with van der Waals surface area (Å²) in [6.07, 6.45) is -0.477. The number of ether oxygens (including phenoxy) is 1. The molecule has 3 N–H and O–H groups in total. The second kappa shape index (κ2) is 3.41. The Morgan fingerprint density at radius 2 is 2.10 bits per heavy atom. The molecule has 0 atom stereocenters. The van der Waals surface area contributed by atoms with Crippen molar-refractivity contribution in [3.8, 4) is 0 Å². The van der Waals surface area contributed by atoms with E-state index < -0.39 is 11.7 Å². The van der Waals surface area contributed by atoms with E-state index in [1.165, 1.54) is 0 Å². The minimum atomic E-state index is -0.477. The van der Waals surface area contributed by atoms with Gasteiger partial charge >= 0.3 is 6.09 Å². The summed E-state index contributed by atoms with van der Waals surface area (Å²) in [5.41, 5.74) is 4.59. The van der Waals surface area contributed by atoms with Gasteiger partial charge in [-0.25, -0.2) is 4.79 Å². The highest BCUT2D eigenvalue weighted by atomic mass is 16.6. The number of alkyl carbamates (subject to hydrolysis) is 1. The molecule has 0 fully saturated rings. The zero-order chi connectivity index (χ0) is 8.20. The van der Waals surface area contributed by atoms with Gasteiger partial charge in [-0.2, -0.15) is 0 Å².